The van der Waals surface area contributed by atoms with Crippen molar-refractivity contribution in [2.45, 2.75) is 27.2 Å². The van der Waals surface area contributed by atoms with Gasteiger partial charge in [-0.05, 0) is 51.9 Å². The van der Waals surface area contributed by atoms with E-state index in [2.05, 4.69) is 48.2 Å². The van der Waals surface area contributed by atoms with Gasteiger partial charge in [0.25, 0.3) is 0 Å². The molecule has 0 amide bonds. The Kier molecular flexibility index (Phi) is 4.27. The second-order valence-electron chi connectivity index (χ2n) is 4.87. The van der Waals surface area contributed by atoms with Crippen LogP contribution in [0.4, 0.5) is 0 Å². The van der Waals surface area contributed by atoms with E-state index >= 15 is 0 Å². The second-order valence-corrected chi connectivity index (χ2v) is 4.87. The summed E-state index contributed by atoms with van der Waals surface area (Å²) in [6, 6.07) is 8.25. The molecular weight excluding hydrogens is 234 g/mol. The predicted molar refractivity (Wildman–Crippen MR) is 79.3 cm³/mol. The average molecular weight is 255 g/mol. The maximum Gasteiger partial charge on any atom is 0.159 e. The predicted octanol–water partition coefficient (Wildman–Crippen LogP) is 2.83. The molecule has 0 saturated heterocycles. The fraction of sp³-hybridized carbons (Fsp3) is 0.375. The molecule has 0 atom stereocenters. The molecule has 0 bridgehead atoms. The molecule has 1 N–H and O–H groups in total. The largest absolute Gasteiger partial charge is 0.319 e. The van der Waals surface area contributed by atoms with E-state index in [9.17, 15) is 0 Å². The highest BCUT2D eigenvalue weighted by molar-refractivity contribution is 5.60. The summed E-state index contributed by atoms with van der Waals surface area (Å²) >= 11 is 0. The molecule has 3 nitrogen and oxygen atoms in total. The molecule has 0 aliphatic rings. The molecule has 100 valence electrons. The zero-order valence-electron chi connectivity index (χ0n) is 12.1. The summed E-state index contributed by atoms with van der Waals surface area (Å²) in [5.41, 5.74) is 5.76. The molecule has 1 aromatic heterocycles. The Hall–Kier alpha value is -1.74. The van der Waals surface area contributed by atoms with E-state index in [-0.39, 0.29) is 0 Å². The van der Waals surface area contributed by atoms with E-state index in [1.165, 1.54) is 11.1 Å². The summed E-state index contributed by atoms with van der Waals surface area (Å²) in [7, 11) is 1.97. The van der Waals surface area contributed by atoms with Crippen molar-refractivity contribution in [3.8, 4) is 11.4 Å². The van der Waals surface area contributed by atoms with Gasteiger partial charge in [0.1, 0.15) is 0 Å². The van der Waals surface area contributed by atoms with Crippen molar-refractivity contribution < 1.29 is 0 Å². The zero-order valence-corrected chi connectivity index (χ0v) is 12.1. The fourth-order valence-electron chi connectivity index (χ4n) is 2.30. The van der Waals surface area contributed by atoms with Crippen molar-refractivity contribution in [3.05, 3.63) is 46.8 Å². The molecule has 1 aromatic carbocycles. The van der Waals surface area contributed by atoms with Gasteiger partial charge in [-0.2, -0.15) is 0 Å². The quantitative estimate of drug-likeness (QED) is 0.913. The van der Waals surface area contributed by atoms with Crippen molar-refractivity contribution in [1.82, 2.24) is 15.3 Å². The van der Waals surface area contributed by atoms with Crippen LogP contribution in [0.2, 0.25) is 0 Å². The van der Waals surface area contributed by atoms with Gasteiger partial charge < -0.3 is 5.32 Å². The molecule has 2 aromatic rings. The molecule has 0 unspecified atom stereocenters. The summed E-state index contributed by atoms with van der Waals surface area (Å²) in [6.45, 7) is 7.19. The number of hydrogen-bond donors (Lipinski definition) is 1. The molecule has 0 radical (unpaired) electrons. The first kappa shape index (κ1) is 13.7. The van der Waals surface area contributed by atoms with Gasteiger partial charge in [-0.1, -0.05) is 24.3 Å². The van der Waals surface area contributed by atoms with Crippen LogP contribution in [-0.4, -0.2) is 23.6 Å². The van der Waals surface area contributed by atoms with Gasteiger partial charge in [-0.25, -0.2) is 9.97 Å². The number of aryl methyl sites for hydroxylation is 3. The van der Waals surface area contributed by atoms with Crippen LogP contribution in [0, 0.1) is 20.8 Å². The summed E-state index contributed by atoms with van der Waals surface area (Å²) in [4.78, 5) is 9.36. The van der Waals surface area contributed by atoms with E-state index in [1.807, 2.05) is 19.2 Å². The first-order valence-electron chi connectivity index (χ1n) is 6.68. The standard InChI is InChI=1S/C16H21N3/c1-11-7-5-6-8-14(11)16-18-12(2)15(9-10-17-4)13(3)19-16/h5-8,17H,9-10H2,1-4H3. The smallest absolute Gasteiger partial charge is 0.159 e. The first-order valence-corrected chi connectivity index (χ1v) is 6.68. The Balaban J connectivity index is 2.43. The van der Waals surface area contributed by atoms with E-state index in [0.29, 0.717) is 0 Å². The molecule has 0 fully saturated rings. The summed E-state index contributed by atoms with van der Waals surface area (Å²) in [6.07, 6.45) is 0.974. The summed E-state index contributed by atoms with van der Waals surface area (Å²) in [5.74, 6) is 0.835. The number of rotatable bonds is 4. The van der Waals surface area contributed by atoms with E-state index < -0.39 is 0 Å². The SMILES string of the molecule is CNCCc1c(C)nc(-c2ccccc2C)nc1C. The van der Waals surface area contributed by atoms with Gasteiger partial charge in [-0.3, -0.25) is 0 Å². The molecule has 0 spiro atoms. The van der Waals surface area contributed by atoms with Gasteiger partial charge in [-0.15, -0.1) is 0 Å². The third kappa shape index (κ3) is 2.99. The van der Waals surface area contributed by atoms with Crippen molar-refractivity contribution in [2.24, 2.45) is 0 Å². The van der Waals surface area contributed by atoms with Crippen LogP contribution in [-0.2, 0) is 6.42 Å². The maximum absolute atomic E-state index is 4.68. The van der Waals surface area contributed by atoms with Crippen LogP contribution in [0.3, 0.4) is 0 Å². The van der Waals surface area contributed by atoms with Gasteiger partial charge in [0.15, 0.2) is 5.82 Å². The Morgan fingerprint density at radius 3 is 2.21 bits per heavy atom. The molecule has 0 aliphatic carbocycles. The number of hydrogen-bond acceptors (Lipinski definition) is 3. The molecular formula is C16H21N3. The van der Waals surface area contributed by atoms with Crippen molar-refractivity contribution >= 4 is 0 Å². The second kappa shape index (κ2) is 5.93. The van der Waals surface area contributed by atoms with Gasteiger partial charge in [0, 0.05) is 17.0 Å². The minimum atomic E-state index is 0.835. The lowest BCUT2D eigenvalue weighted by Gasteiger charge is -2.12. The third-order valence-electron chi connectivity index (χ3n) is 3.43. The Labute approximate surface area is 115 Å². The van der Waals surface area contributed by atoms with Crippen LogP contribution < -0.4 is 5.32 Å². The lowest BCUT2D eigenvalue weighted by molar-refractivity contribution is 0.774. The molecule has 1 heterocycles. The van der Waals surface area contributed by atoms with Gasteiger partial charge >= 0.3 is 0 Å². The van der Waals surface area contributed by atoms with Crippen molar-refractivity contribution in [1.29, 1.82) is 0 Å². The molecule has 0 aliphatic heterocycles. The van der Waals surface area contributed by atoms with E-state index in [1.54, 1.807) is 0 Å². The lowest BCUT2D eigenvalue weighted by Crippen LogP contribution is -2.13. The normalized spacial score (nSPS) is 10.7. The Bertz CT molecular complexity index is 553. The molecule has 19 heavy (non-hydrogen) atoms. The molecule has 3 heteroatoms. The molecule has 0 saturated carbocycles. The van der Waals surface area contributed by atoms with Crippen LogP contribution in [0.1, 0.15) is 22.5 Å². The van der Waals surface area contributed by atoms with Crippen LogP contribution in [0.5, 0.6) is 0 Å². The number of likely N-dealkylation sites (N-methyl/N-ethyl adjacent to an activating group) is 1. The van der Waals surface area contributed by atoms with E-state index in [0.717, 1.165) is 35.7 Å². The maximum atomic E-state index is 4.68. The number of benzene rings is 1. The van der Waals surface area contributed by atoms with Crippen LogP contribution in [0.15, 0.2) is 24.3 Å². The minimum absolute atomic E-state index is 0.835. The summed E-state index contributed by atoms with van der Waals surface area (Å²) < 4.78 is 0. The first-order chi connectivity index (χ1) is 9.13. The highest BCUT2D eigenvalue weighted by Gasteiger charge is 2.10. The molecule has 2 rings (SSSR count). The number of nitrogens with one attached hydrogen (secondary N) is 1. The summed E-state index contributed by atoms with van der Waals surface area (Å²) in [5, 5.41) is 3.17. The topological polar surface area (TPSA) is 37.8 Å². The minimum Gasteiger partial charge on any atom is -0.319 e. The van der Waals surface area contributed by atoms with E-state index in [4.69, 9.17) is 0 Å². The fourth-order valence-corrected chi connectivity index (χ4v) is 2.30. The monoisotopic (exact) mass is 255 g/mol. The average Bonchev–Trinajstić information content (AvgIpc) is 2.38. The highest BCUT2D eigenvalue weighted by atomic mass is 14.9. The lowest BCUT2D eigenvalue weighted by atomic mass is 10.1. The van der Waals surface area contributed by atoms with Crippen molar-refractivity contribution in [3.63, 3.8) is 0 Å². The number of aromatic nitrogens is 2. The van der Waals surface area contributed by atoms with Crippen LogP contribution in [0.25, 0.3) is 11.4 Å². The highest BCUT2D eigenvalue weighted by Crippen LogP contribution is 2.22. The Morgan fingerprint density at radius 1 is 1.00 bits per heavy atom. The number of nitrogens with zero attached hydrogens (tertiary/aromatic N) is 2. The van der Waals surface area contributed by atoms with Gasteiger partial charge in [0.05, 0.1) is 0 Å². The van der Waals surface area contributed by atoms with Crippen LogP contribution >= 0.6 is 0 Å². The van der Waals surface area contributed by atoms with Gasteiger partial charge in [0.2, 0.25) is 0 Å². The third-order valence-corrected chi connectivity index (χ3v) is 3.43. The zero-order chi connectivity index (χ0) is 13.8. The Morgan fingerprint density at radius 2 is 1.63 bits per heavy atom. The van der Waals surface area contributed by atoms with Crippen molar-refractivity contribution in [2.75, 3.05) is 13.6 Å².